The highest BCUT2D eigenvalue weighted by Gasteiger charge is 2.17. The van der Waals surface area contributed by atoms with E-state index in [2.05, 4.69) is 143 Å². The average molecular weight is 578 g/mol. The first-order valence-corrected chi connectivity index (χ1v) is 15.1. The molecule has 9 rings (SSSR count). The van der Waals surface area contributed by atoms with Crippen LogP contribution in [0.1, 0.15) is 0 Å². The molecule has 0 aliphatic heterocycles. The molecule has 6 aromatic carbocycles. The third-order valence-electron chi connectivity index (χ3n) is 8.62. The fraction of sp³-hybridized carbons (Fsp3) is 0. The third-order valence-corrected chi connectivity index (χ3v) is 8.62. The van der Waals surface area contributed by atoms with E-state index in [0.29, 0.717) is 0 Å². The van der Waals surface area contributed by atoms with Crippen LogP contribution < -0.4 is 4.90 Å². The Morgan fingerprint density at radius 3 is 1.87 bits per heavy atom. The Morgan fingerprint density at radius 1 is 0.467 bits per heavy atom. The molecule has 212 valence electrons. The Labute approximate surface area is 260 Å². The van der Waals surface area contributed by atoms with Gasteiger partial charge in [0, 0.05) is 39.3 Å². The maximum atomic E-state index is 6.21. The van der Waals surface area contributed by atoms with Gasteiger partial charge in [-0.25, -0.2) is 4.98 Å². The smallest absolute Gasteiger partial charge is 0.155 e. The molecule has 0 unspecified atom stereocenters. The third kappa shape index (κ3) is 4.19. The molecule has 0 saturated carbocycles. The molecule has 0 aliphatic carbocycles. The van der Waals surface area contributed by atoms with Gasteiger partial charge in [0.05, 0.1) is 22.9 Å². The Kier molecular flexibility index (Phi) is 5.78. The standard InChI is InChI=1S/C41H27N3O/c1-2-12-30(13-3-1)43(33-26-40-41(42-27-33)36-17-6-9-20-39(36)45-40)32-14-10-11-29(25-32)28-21-23-31(24-22-28)44-37-18-7-4-15-34(37)35-16-5-8-19-38(35)44/h1-27H. The molecule has 3 aromatic heterocycles. The zero-order valence-corrected chi connectivity index (χ0v) is 24.3. The minimum Gasteiger partial charge on any atom is -0.454 e. The van der Waals surface area contributed by atoms with Crippen molar-refractivity contribution < 1.29 is 4.42 Å². The number of nitrogens with zero attached hydrogens (tertiary/aromatic N) is 3. The van der Waals surface area contributed by atoms with Gasteiger partial charge < -0.3 is 13.9 Å². The van der Waals surface area contributed by atoms with Gasteiger partial charge in [-0.2, -0.15) is 0 Å². The van der Waals surface area contributed by atoms with E-state index in [1.807, 2.05) is 30.5 Å². The summed E-state index contributed by atoms with van der Waals surface area (Å²) in [5.74, 6) is 0. The van der Waals surface area contributed by atoms with Crippen LogP contribution in [-0.2, 0) is 0 Å². The molecule has 9 aromatic rings. The van der Waals surface area contributed by atoms with Crippen molar-refractivity contribution in [2.24, 2.45) is 0 Å². The van der Waals surface area contributed by atoms with Crippen molar-refractivity contribution in [3.63, 3.8) is 0 Å². The van der Waals surface area contributed by atoms with Crippen molar-refractivity contribution in [1.82, 2.24) is 9.55 Å². The molecule has 4 heteroatoms. The first kappa shape index (κ1) is 25.4. The summed E-state index contributed by atoms with van der Waals surface area (Å²) in [5, 5.41) is 3.55. The Balaban J connectivity index is 1.13. The molecule has 3 heterocycles. The van der Waals surface area contributed by atoms with Crippen molar-refractivity contribution >= 4 is 60.9 Å². The maximum absolute atomic E-state index is 6.21. The van der Waals surface area contributed by atoms with E-state index in [-0.39, 0.29) is 0 Å². The first-order chi connectivity index (χ1) is 22.3. The summed E-state index contributed by atoms with van der Waals surface area (Å²) in [7, 11) is 0. The van der Waals surface area contributed by atoms with Gasteiger partial charge >= 0.3 is 0 Å². The first-order valence-electron chi connectivity index (χ1n) is 15.1. The summed E-state index contributed by atoms with van der Waals surface area (Å²) in [6, 6.07) is 55.3. The molecule has 45 heavy (non-hydrogen) atoms. The topological polar surface area (TPSA) is 34.2 Å². The summed E-state index contributed by atoms with van der Waals surface area (Å²) in [4.78, 5) is 7.09. The number of benzene rings is 6. The number of hydrogen-bond acceptors (Lipinski definition) is 3. The van der Waals surface area contributed by atoms with Crippen LogP contribution in [-0.4, -0.2) is 9.55 Å². The quantitative estimate of drug-likeness (QED) is 0.204. The van der Waals surface area contributed by atoms with Gasteiger partial charge in [0.2, 0.25) is 0 Å². The maximum Gasteiger partial charge on any atom is 0.155 e. The molecule has 0 fully saturated rings. The van der Waals surface area contributed by atoms with Gasteiger partial charge in [-0.1, -0.05) is 91.0 Å². The second kappa shape index (κ2) is 10.2. The number of hydrogen-bond donors (Lipinski definition) is 0. The number of fused-ring (bicyclic) bond motifs is 6. The van der Waals surface area contributed by atoms with Crippen LogP contribution in [0, 0.1) is 0 Å². The van der Waals surface area contributed by atoms with E-state index in [1.165, 1.54) is 21.8 Å². The van der Waals surface area contributed by atoms with Crippen molar-refractivity contribution in [3.05, 3.63) is 164 Å². The van der Waals surface area contributed by atoms with Gasteiger partial charge in [-0.3, -0.25) is 0 Å². The molecule has 0 spiro atoms. The monoisotopic (exact) mass is 577 g/mol. The Morgan fingerprint density at radius 2 is 1.11 bits per heavy atom. The van der Waals surface area contributed by atoms with E-state index < -0.39 is 0 Å². The van der Waals surface area contributed by atoms with Crippen molar-refractivity contribution in [1.29, 1.82) is 0 Å². The Hall–Kier alpha value is -6.13. The SMILES string of the molecule is c1ccc(N(c2cccc(-c3ccc(-n4c5ccccc5c5ccccc54)cc3)c2)c2cnc3c(c2)oc2ccccc23)cc1. The normalized spacial score (nSPS) is 11.6. The number of pyridine rings is 1. The predicted octanol–water partition coefficient (Wildman–Crippen LogP) is 11.2. The lowest BCUT2D eigenvalue weighted by molar-refractivity contribution is 0.668. The number of rotatable bonds is 5. The van der Waals surface area contributed by atoms with Crippen LogP contribution in [0.25, 0.3) is 60.7 Å². The number of anilines is 3. The van der Waals surface area contributed by atoms with Gasteiger partial charge in [-0.15, -0.1) is 0 Å². The molecule has 0 amide bonds. The molecule has 0 bridgehead atoms. The molecule has 0 aliphatic rings. The zero-order chi connectivity index (χ0) is 29.7. The highest BCUT2D eigenvalue weighted by Crippen LogP contribution is 2.39. The van der Waals surface area contributed by atoms with E-state index in [9.17, 15) is 0 Å². The fourth-order valence-electron chi connectivity index (χ4n) is 6.56. The van der Waals surface area contributed by atoms with Gasteiger partial charge in [-0.05, 0) is 71.8 Å². The molecule has 0 atom stereocenters. The number of aromatic nitrogens is 2. The van der Waals surface area contributed by atoms with E-state index in [1.54, 1.807) is 0 Å². The van der Waals surface area contributed by atoms with Crippen LogP contribution in [0.4, 0.5) is 17.1 Å². The molecular formula is C41H27N3O. The fourth-order valence-corrected chi connectivity index (χ4v) is 6.56. The minimum absolute atomic E-state index is 0.770. The summed E-state index contributed by atoms with van der Waals surface area (Å²) < 4.78 is 8.56. The predicted molar refractivity (Wildman–Crippen MR) is 186 cm³/mol. The van der Waals surface area contributed by atoms with E-state index >= 15 is 0 Å². The van der Waals surface area contributed by atoms with E-state index in [4.69, 9.17) is 9.40 Å². The lowest BCUT2D eigenvalue weighted by Gasteiger charge is -2.25. The van der Waals surface area contributed by atoms with Crippen molar-refractivity contribution in [3.8, 4) is 16.8 Å². The van der Waals surface area contributed by atoms with Crippen molar-refractivity contribution in [2.75, 3.05) is 4.90 Å². The second-order valence-electron chi connectivity index (χ2n) is 11.3. The van der Waals surface area contributed by atoms with Crippen LogP contribution in [0.2, 0.25) is 0 Å². The lowest BCUT2D eigenvalue weighted by atomic mass is 10.0. The molecule has 0 N–H and O–H groups in total. The highest BCUT2D eigenvalue weighted by atomic mass is 16.3. The van der Waals surface area contributed by atoms with Crippen LogP contribution in [0.5, 0.6) is 0 Å². The van der Waals surface area contributed by atoms with Crippen LogP contribution >= 0.6 is 0 Å². The molecule has 0 radical (unpaired) electrons. The van der Waals surface area contributed by atoms with Crippen LogP contribution in [0.15, 0.2) is 168 Å². The number of para-hydroxylation sites is 4. The highest BCUT2D eigenvalue weighted by molar-refractivity contribution is 6.09. The van der Waals surface area contributed by atoms with Crippen LogP contribution in [0.3, 0.4) is 0 Å². The Bertz CT molecular complexity index is 2440. The molecule has 4 nitrogen and oxygen atoms in total. The lowest BCUT2D eigenvalue weighted by Crippen LogP contribution is -2.10. The molecular weight excluding hydrogens is 550 g/mol. The zero-order valence-electron chi connectivity index (χ0n) is 24.3. The van der Waals surface area contributed by atoms with E-state index in [0.717, 1.165) is 55.9 Å². The summed E-state index contributed by atoms with van der Waals surface area (Å²) in [6.07, 6.45) is 1.94. The average Bonchev–Trinajstić information content (AvgIpc) is 3.65. The van der Waals surface area contributed by atoms with Gasteiger partial charge in [0.25, 0.3) is 0 Å². The minimum atomic E-state index is 0.770. The number of furan rings is 1. The summed E-state index contributed by atoms with van der Waals surface area (Å²) >= 11 is 0. The summed E-state index contributed by atoms with van der Waals surface area (Å²) in [6.45, 7) is 0. The largest absolute Gasteiger partial charge is 0.454 e. The molecule has 0 saturated heterocycles. The van der Waals surface area contributed by atoms with Crippen molar-refractivity contribution in [2.45, 2.75) is 0 Å². The van der Waals surface area contributed by atoms with Gasteiger partial charge in [0.15, 0.2) is 5.58 Å². The summed E-state index contributed by atoms with van der Waals surface area (Å²) in [5.41, 5.74) is 11.4. The second-order valence-corrected chi connectivity index (χ2v) is 11.3. The van der Waals surface area contributed by atoms with Gasteiger partial charge in [0.1, 0.15) is 11.1 Å².